The molecule has 2 aromatic carbocycles. The van der Waals surface area contributed by atoms with Crippen molar-refractivity contribution in [3.63, 3.8) is 0 Å². The molecule has 3 N–H and O–H groups in total. The van der Waals surface area contributed by atoms with E-state index in [9.17, 15) is 9.59 Å². The van der Waals surface area contributed by atoms with E-state index in [2.05, 4.69) is 22.5 Å². The fourth-order valence-electron chi connectivity index (χ4n) is 3.04. The third-order valence-corrected chi connectivity index (χ3v) is 5.14. The SMILES string of the molecule is C=C1NC(=O)N[C@@H](c2ccc(SC)cc2)[C@H]1C(=O)Nc1ccccc1OC. The van der Waals surface area contributed by atoms with Crippen LogP contribution in [0.15, 0.2) is 65.7 Å². The van der Waals surface area contributed by atoms with E-state index >= 15 is 0 Å². The summed E-state index contributed by atoms with van der Waals surface area (Å²) >= 11 is 1.63. The molecule has 1 heterocycles. The lowest BCUT2D eigenvalue weighted by molar-refractivity contribution is -0.119. The van der Waals surface area contributed by atoms with Crippen LogP contribution in [0.3, 0.4) is 0 Å². The summed E-state index contributed by atoms with van der Waals surface area (Å²) in [5.41, 5.74) is 1.75. The van der Waals surface area contributed by atoms with Crippen molar-refractivity contribution in [2.75, 3.05) is 18.7 Å². The number of rotatable bonds is 5. The van der Waals surface area contributed by atoms with Gasteiger partial charge in [0.05, 0.1) is 18.8 Å². The summed E-state index contributed by atoms with van der Waals surface area (Å²) in [5, 5.41) is 8.32. The fraction of sp³-hybridized carbons (Fsp3) is 0.200. The lowest BCUT2D eigenvalue weighted by atomic mass is 9.88. The Kier molecular flexibility index (Phi) is 5.71. The lowest BCUT2D eigenvalue weighted by Gasteiger charge is -2.34. The van der Waals surface area contributed by atoms with Gasteiger partial charge in [-0.15, -0.1) is 11.8 Å². The fourth-order valence-corrected chi connectivity index (χ4v) is 3.45. The number of benzene rings is 2. The highest BCUT2D eigenvalue weighted by Crippen LogP contribution is 2.32. The van der Waals surface area contributed by atoms with Gasteiger partial charge in [0.25, 0.3) is 0 Å². The molecule has 6 nitrogen and oxygen atoms in total. The number of thioether (sulfide) groups is 1. The second-order valence-electron chi connectivity index (χ2n) is 6.04. The summed E-state index contributed by atoms with van der Waals surface area (Å²) in [6, 6.07) is 14.0. The van der Waals surface area contributed by atoms with Gasteiger partial charge in [-0.05, 0) is 36.1 Å². The second kappa shape index (κ2) is 8.18. The highest BCUT2D eigenvalue weighted by molar-refractivity contribution is 7.98. The average molecular weight is 383 g/mol. The molecule has 1 aliphatic rings. The molecule has 0 unspecified atom stereocenters. The van der Waals surface area contributed by atoms with E-state index in [-0.39, 0.29) is 11.9 Å². The molecule has 2 atom stereocenters. The van der Waals surface area contributed by atoms with Crippen LogP contribution in [0.5, 0.6) is 5.75 Å². The molecule has 7 heteroatoms. The molecule has 0 saturated carbocycles. The minimum atomic E-state index is -0.673. The second-order valence-corrected chi connectivity index (χ2v) is 6.92. The molecule has 3 amide bonds. The van der Waals surface area contributed by atoms with Gasteiger partial charge >= 0.3 is 6.03 Å². The summed E-state index contributed by atoms with van der Waals surface area (Å²) < 4.78 is 5.29. The number of carbonyl (C=O) groups excluding carboxylic acids is 2. The number of hydrogen-bond donors (Lipinski definition) is 3. The molecule has 0 spiro atoms. The molecule has 0 aliphatic carbocycles. The molecule has 1 aliphatic heterocycles. The van der Waals surface area contributed by atoms with E-state index in [0.29, 0.717) is 17.1 Å². The quantitative estimate of drug-likeness (QED) is 0.690. The van der Waals surface area contributed by atoms with Crippen molar-refractivity contribution in [3.05, 3.63) is 66.4 Å². The Hall–Kier alpha value is -2.93. The molecule has 1 fully saturated rings. The Labute approximate surface area is 162 Å². The highest BCUT2D eigenvalue weighted by Gasteiger charge is 2.38. The predicted octanol–water partition coefficient (Wildman–Crippen LogP) is 3.54. The van der Waals surface area contributed by atoms with E-state index in [1.54, 1.807) is 31.0 Å². The maximum absolute atomic E-state index is 13.0. The van der Waals surface area contributed by atoms with Gasteiger partial charge in [-0.3, -0.25) is 4.79 Å². The maximum atomic E-state index is 13.0. The van der Waals surface area contributed by atoms with Crippen molar-refractivity contribution >= 4 is 29.4 Å². The number of nitrogens with one attached hydrogen (secondary N) is 3. The molecule has 140 valence electrons. The number of hydrogen-bond acceptors (Lipinski definition) is 4. The van der Waals surface area contributed by atoms with E-state index in [4.69, 9.17) is 4.74 Å². The largest absolute Gasteiger partial charge is 0.495 e. The number of ether oxygens (including phenoxy) is 1. The third kappa shape index (κ3) is 4.09. The van der Waals surface area contributed by atoms with Crippen LogP contribution in [-0.2, 0) is 4.79 Å². The first-order valence-electron chi connectivity index (χ1n) is 8.37. The molecule has 2 aromatic rings. The van der Waals surface area contributed by atoms with Crippen molar-refractivity contribution in [1.29, 1.82) is 0 Å². The number of para-hydroxylation sites is 2. The monoisotopic (exact) mass is 383 g/mol. The van der Waals surface area contributed by atoms with Crippen molar-refractivity contribution < 1.29 is 14.3 Å². The number of amides is 3. The van der Waals surface area contributed by atoms with Gasteiger partial charge < -0.3 is 20.7 Å². The van der Waals surface area contributed by atoms with Crippen molar-refractivity contribution in [2.45, 2.75) is 10.9 Å². The zero-order valence-electron chi connectivity index (χ0n) is 15.1. The first-order chi connectivity index (χ1) is 13.0. The molecule has 0 aromatic heterocycles. The predicted molar refractivity (Wildman–Crippen MR) is 107 cm³/mol. The van der Waals surface area contributed by atoms with E-state index in [0.717, 1.165) is 10.5 Å². The van der Waals surface area contributed by atoms with Gasteiger partial charge in [-0.25, -0.2) is 4.79 Å². The smallest absolute Gasteiger partial charge is 0.319 e. The van der Waals surface area contributed by atoms with Gasteiger partial charge in [-0.1, -0.05) is 30.8 Å². The topological polar surface area (TPSA) is 79.5 Å². The Bertz CT molecular complexity index is 867. The number of carbonyl (C=O) groups is 2. The van der Waals surface area contributed by atoms with E-state index in [1.807, 2.05) is 42.7 Å². The van der Waals surface area contributed by atoms with Crippen LogP contribution in [0.2, 0.25) is 0 Å². The summed E-state index contributed by atoms with van der Waals surface area (Å²) in [7, 11) is 1.54. The Morgan fingerprint density at radius 2 is 1.89 bits per heavy atom. The molecule has 27 heavy (non-hydrogen) atoms. The summed E-state index contributed by atoms with van der Waals surface area (Å²) in [4.78, 5) is 26.1. The molecule has 0 bridgehead atoms. The Morgan fingerprint density at radius 1 is 1.19 bits per heavy atom. The van der Waals surface area contributed by atoms with Gasteiger partial charge in [0, 0.05) is 10.6 Å². The molecule has 0 radical (unpaired) electrons. The van der Waals surface area contributed by atoms with Crippen LogP contribution < -0.4 is 20.7 Å². The van der Waals surface area contributed by atoms with Crippen LogP contribution in [0.4, 0.5) is 10.5 Å². The summed E-state index contributed by atoms with van der Waals surface area (Å²) in [6.07, 6.45) is 1.99. The lowest BCUT2D eigenvalue weighted by Crippen LogP contribution is -2.51. The Morgan fingerprint density at radius 3 is 2.56 bits per heavy atom. The number of anilines is 1. The van der Waals surface area contributed by atoms with Crippen LogP contribution >= 0.6 is 11.8 Å². The number of urea groups is 1. The molecule has 1 saturated heterocycles. The van der Waals surface area contributed by atoms with E-state index in [1.165, 1.54) is 0 Å². The van der Waals surface area contributed by atoms with Gasteiger partial charge in [0.15, 0.2) is 0 Å². The Balaban J connectivity index is 1.89. The van der Waals surface area contributed by atoms with Crippen LogP contribution in [-0.4, -0.2) is 25.3 Å². The number of methoxy groups -OCH3 is 1. The zero-order chi connectivity index (χ0) is 19.4. The first kappa shape index (κ1) is 18.8. The standard InChI is InChI=1S/C20H21N3O3S/c1-12-17(19(24)22-15-6-4-5-7-16(15)26-2)18(23-20(25)21-12)13-8-10-14(27-3)11-9-13/h4-11,17-18H,1H2,2-3H3,(H,22,24)(H2,21,23,25)/t17-,18-/m0/s1. The van der Waals surface area contributed by atoms with E-state index < -0.39 is 12.0 Å². The maximum Gasteiger partial charge on any atom is 0.319 e. The van der Waals surface area contributed by atoms with Gasteiger partial charge in [0.2, 0.25) is 5.91 Å². The van der Waals surface area contributed by atoms with Crippen LogP contribution in [0.1, 0.15) is 11.6 Å². The van der Waals surface area contributed by atoms with Crippen LogP contribution in [0, 0.1) is 5.92 Å². The zero-order valence-corrected chi connectivity index (χ0v) is 15.9. The van der Waals surface area contributed by atoms with Crippen molar-refractivity contribution in [1.82, 2.24) is 10.6 Å². The minimum absolute atomic E-state index is 0.282. The van der Waals surface area contributed by atoms with Crippen LogP contribution in [0.25, 0.3) is 0 Å². The highest BCUT2D eigenvalue weighted by atomic mass is 32.2. The molecular formula is C20H21N3O3S. The van der Waals surface area contributed by atoms with Crippen molar-refractivity contribution in [3.8, 4) is 5.75 Å². The third-order valence-electron chi connectivity index (χ3n) is 4.39. The molecular weight excluding hydrogens is 362 g/mol. The normalized spacial score (nSPS) is 19.0. The van der Waals surface area contributed by atoms with Gasteiger partial charge in [-0.2, -0.15) is 0 Å². The average Bonchev–Trinajstić information content (AvgIpc) is 2.67. The summed E-state index contributed by atoms with van der Waals surface area (Å²) in [5.74, 6) is -0.395. The molecule has 3 rings (SSSR count). The summed E-state index contributed by atoms with van der Waals surface area (Å²) in [6.45, 7) is 3.89. The van der Waals surface area contributed by atoms with Gasteiger partial charge in [0.1, 0.15) is 11.7 Å². The minimum Gasteiger partial charge on any atom is -0.495 e. The first-order valence-corrected chi connectivity index (χ1v) is 9.60. The van der Waals surface area contributed by atoms with Crippen molar-refractivity contribution in [2.24, 2.45) is 5.92 Å².